The quantitative estimate of drug-likeness (QED) is 0.536. The summed E-state index contributed by atoms with van der Waals surface area (Å²) in [6, 6.07) is 10.3. The molecule has 0 saturated heterocycles. The molecule has 0 heterocycles. The van der Waals surface area contributed by atoms with E-state index in [4.69, 9.17) is 34.5 Å². The van der Waals surface area contributed by atoms with E-state index in [2.05, 4.69) is 18.2 Å². The Hall–Kier alpha value is -0.105. The lowest BCUT2D eigenvalue weighted by Gasteiger charge is -2.27. The summed E-state index contributed by atoms with van der Waals surface area (Å²) in [6.07, 6.45) is 3.89. The zero-order valence-electron chi connectivity index (χ0n) is 8.74. The topological polar surface area (TPSA) is 0 Å². The number of halogens is 3. The highest BCUT2D eigenvalue weighted by molar-refractivity contribution is 7.34. The monoisotopic (exact) mass is 272 g/mol. The van der Waals surface area contributed by atoms with Crippen molar-refractivity contribution in [2.45, 2.75) is 24.0 Å². The predicted octanol–water partition coefficient (Wildman–Crippen LogP) is 4.81. The van der Waals surface area contributed by atoms with Crippen molar-refractivity contribution < 1.29 is 0 Å². The molecule has 1 aliphatic carbocycles. The van der Waals surface area contributed by atoms with Crippen LogP contribution in [0.4, 0.5) is 0 Å². The number of rotatable bonds is 2. The highest BCUT2D eigenvalue weighted by atomic mass is 35.5. The van der Waals surface area contributed by atoms with Crippen LogP contribution in [0.25, 0.3) is 5.57 Å². The Balaban J connectivity index is 2.19. The fraction of sp³-hybridized carbons (Fsp3) is 0.333. The summed E-state index contributed by atoms with van der Waals surface area (Å²) in [5.41, 5.74) is 2.15. The molecular formula is C12H12BCl3. The van der Waals surface area contributed by atoms with Crippen molar-refractivity contribution in [2.24, 2.45) is 0 Å². The van der Waals surface area contributed by atoms with Crippen LogP contribution >= 0.6 is 34.5 Å². The van der Waals surface area contributed by atoms with Gasteiger partial charge in [-0.25, -0.2) is 0 Å². The van der Waals surface area contributed by atoms with Crippen molar-refractivity contribution in [1.29, 1.82) is 0 Å². The molecule has 2 rings (SSSR count). The second kappa shape index (κ2) is 5.49. The molecule has 0 spiro atoms. The minimum absolute atomic E-state index is 0.0486. The minimum atomic E-state index is -0.394. The second-order valence-electron chi connectivity index (χ2n) is 4.05. The number of hydrogen-bond acceptors (Lipinski definition) is 0. The summed E-state index contributed by atoms with van der Waals surface area (Å²) in [5, 5.41) is 0.0486. The summed E-state index contributed by atoms with van der Waals surface area (Å²) < 4.78 is 0. The first kappa shape index (κ1) is 12.4. The third-order valence-electron chi connectivity index (χ3n) is 2.98. The highest BCUT2D eigenvalue weighted by Gasteiger charge is 2.32. The molecule has 0 fully saturated rings. The van der Waals surface area contributed by atoms with E-state index in [0.29, 0.717) is 0 Å². The molecule has 16 heavy (non-hydrogen) atoms. The molecule has 1 aliphatic rings. The van der Waals surface area contributed by atoms with Gasteiger partial charge in [-0.3, -0.25) is 0 Å². The minimum Gasteiger partial charge on any atom is -0.171 e. The van der Waals surface area contributed by atoms with Gasteiger partial charge in [0.1, 0.15) is 0 Å². The maximum absolute atomic E-state index is 6.22. The lowest BCUT2D eigenvalue weighted by Crippen LogP contribution is -2.21. The van der Waals surface area contributed by atoms with Crippen LogP contribution in [-0.2, 0) is 0 Å². The van der Waals surface area contributed by atoms with E-state index >= 15 is 0 Å². The van der Waals surface area contributed by atoms with E-state index in [9.17, 15) is 0 Å². The Morgan fingerprint density at radius 2 is 1.81 bits per heavy atom. The van der Waals surface area contributed by atoms with E-state index in [1.165, 1.54) is 11.1 Å². The van der Waals surface area contributed by atoms with Crippen LogP contribution in [0.1, 0.15) is 18.4 Å². The third-order valence-corrected chi connectivity index (χ3v) is 4.13. The molecule has 0 unspecified atom stereocenters. The van der Waals surface area contributed by atoms with Gasteiger partial charge in [0.25, 0.3) is 0 Å². The van der Waals surface area contributed by atoms with Crippen molar-refractivity contribution in [1.82, 2.24) is 0 Å². The molecule has 0 aromatic heterocycles. The summed E-state index contributed by atoms with van der Waals surface area (Å²) >= 11 is 18.1. The molecule has 1 aromatic rings. The van der Waals surface area contributed by atoms with Crippen molar-refractivity contribution in [3.05, 3.63) is 42.0 Å². The molecule has 1 aromatic carbocycles. The summed E-state index contributed by atoms with van der Waals surface area (Å²) in [4.78, 5) is 0. The first-order valence-electron chi connectivity index (χ1n) is 5.35. The standard InChI is InChI=1S/C12H12BCl3/c14-12-7-6-10(8-11(12)13(15)16)9-4-2-1-3-5-9/h1-6,11-12H,7-8H2/t11-,12+/m1/s1. The fourth-order valence-corrected chi connectivity index (χ4v) is 3.03. The Kier molecular flexibility index (Phi) is 4.24. The van der Waals surface area contributed by atoms with E-state index in [1.807, 2.05) is 18.2 Å². The van der Waals surface area contributed by atoms with Crippen molar-refractivity contribution in [3.8, 4) is 0 Å². The van der Waals surface area contributed by atoms with Gasteiger partial charge in [0.15, 0.2) is 0 Å². The number of hydrogen-bond donors (Lipinski definition) is 0. The van der Waals surface area contributed by atoms with Crippen molar-refractivity contribution in [3.63, 3.8) is 0 Å². The van der Waals surface area contributed by atoms with Crippen molar-refractivity contribution >= 4 is 45.6 Å². The van der Waals surface area contributed by atoms with E-state index in [0.717, 1.165) is 12.8 Å². The van der Waals surface area contributed by atoms with Gasteiger partial charge in [-0.2, -0.15) is 22.9 Å². The molecule has 0 N–H and O–H groups in total. The average Bonchev–Trinajstić information content (AvgIpc) is 2.30. The predicted molar refractivity (Wildman–Crippen MR) is 74.5 cm³/mol. The second-order valence-corrected chi connectivity index (χ2v) is 5.77. The Labute approximate surface area is 111 Å². The summed E-state index contributed by atoms with van der Waals surface area (Å²) in [7, 11) is 0. The van der Waals surface area contributed by atoms with E-state index < -0.39 is 5.54 Å². The molecule has 0 aliphatic heterocycles. The van der Waals surface area contributed by atoms with Gasteiger partial charge in [0.2, 0.25) is 0 Å². The lowest BCUT2D eigenvalue weighted by atomic mass is 9.72. The molecule has 0 saturated carbocycles. The van der Waals surface area contributed by atoms with Crippen LogP contribution in [0.3, 0.4) is 0 Å². The molecule has 84 valence electrons. The normalized spacial score (nSPS) is 25.1. The molecule has 4 heteroatoms. The molecule has 0 radical (unpaired) electrons. The van der Waals surface area contributed by atoms with Crippen LogP contribution in [-0.4, -0.2) is 10.9 Å². The van der Waals surface area contributed by atoms with E-state index in [1.54, 1.807) is 0 Å². The Bertz CT molecular complexity index is 375. The maximum atomic E-state index is 6.22. The lowest BCUT2D eigenvalue weighted by molar-refractivity contribution is 0.744. The van der Waals surface area contributed by atoms with Crippen LogP contribution in [0.2, 0.25) is 5.82 Å². The van der Waals surface area contributed by atoms with Gasteiger partial charge in [-0.1, -0.05) is 36.4 Å². The van der Waals surface area contributed by atoms with Crippen LogP contribution in [0.15, 0.2) is 36.4 Å². The van der Waals surface area contributed by atoms with E-state index in [-0.39, 0.29) is 11.2 Å². The zero-order chi connectivity index (χ0) is 11.5. The average molecular weight is 273 g/mol. The van der Waals surface area contributed by atoms with Gasteiger partial charge < -0.3 is 0 Å². The van der Waals surface area contributed by atoms with Gasteiger partial charge >= 0.3 is 5.54 Å². The van der Waals surface area contributed by atoms with Gasteiger partial charge in [-0.05, 0) is 29.8 Å². The van der Waals surface area contributed by atoms with Crippen LogP contribution < -0.4 is 0 Å². The largest absolute Gasteiger partial charge is 0.356 e. The smallest absolute Gasteiger partial charge is 0.171 e. The first-order valence-corrected chi connectivity index (χ1v) is 6.66. The summed E-state index contributed by atoms with van der Waals surface area (Å²) in [6.45, 7) is 0. The van der Waals surface area contributed by atoms with Gasteiger partial charge in [0.05, 0.1) is 0 Å². The zero-order valence-corrected chi connectivity index (χ0v) is 11.0. The number of alkyl halides is 1. The van der Waals surface area contributed by atoms with Crippen molar-refractivity contribution in [2.75, 3.05) is 0 Å². The van der Waals surface area contributed by atoms with Crippen LogP contribution in [0, 0.1) is 0 Å². The Morgan fingerprint density at radius 3 is 2.44 bits per heavy atom. The van der Waals surface area contributed by atoms with Crippen LogP contribution in [0.5, 0.6) is 0 Å². The van der Waals surface area contributed by atoms with Gasteiger partial charge in [0, 0.05) is 5.38 Å². The molecule has 0 bridgehead atoms. The molecule has 0 nitrogen and oxygen atoms in total. The van der Waals surface area contributed by atoms with Gasteiger partial charge in [-0.15, -0.1) is 11.6 Å². The summed E-state index contributed by atoms with van der Waals surface area (Å²) in [5.74, 6) is 0.144. The Morgan fingerprint density at radius 1 is 1.12 bits per heavy atom. The SMILES string of the molecule is ClB(Cl)[C@@H]1CC(c2ccccc2)=CC[C@@H]1Cl. The number of allylic oxidation sites excluding steroid dienone is 2. The molecular weight excluding hydrogens is 261 g/mol. The maximum Gasteiger partial charge on any atom is 0.356 e. The number of benzene rings is 1. The third kappa shape index (κ3) is 2.77. The first-order chi connectivity index (χ1) is 7.68. The molecule has 2 atom stereocenters. The molecule has 0 amide bonds. The highest BCUT2D eigenvalue weighted by Crippen LogP contribution is 2.41. The fourth-order valence-electron chi connectivity index (χ4n) is 2.03.